The molecule has 27 heavy (non-hydrogen) atoms. The highest BCUT2D eigenvalue weighted by Crippen LogP contribution is 2.21. The molecular formula is C14H25F3N4O4S2. The van der Waals surface area contributed by atoms with Crippen LogP contribution < -0.4 is 20.9 Å². The average molecular weight is 435 g/mol. The maximum Gasteiger partial charge on any atom is 0.511 e. The van der Waals surface area contributed by atoms with Crippen LogP contribution >= 0.6 is 0 Å². The van der Waals surface area contributed by atoms with Crippen molar-refractivity contribution in [3.8, 4) is 0 Å². The normalized spacial score (nSPS) is 12.4. The van der Waals surface area contributed by atoms with Gasteiger partial charge in [0.15, 0.2) is 0 Å². The minimum absolute atomic E-state index is 0.139. The molecule has 0 aliphatic carbocycles. The van der Waals surface area contributed by atoms with Crippen molar-refractivity contribution >= 4 is 20.0 Å². The van der Waals surface area contributed by atoms with Crippen molar-refractivity contribution in [3.63, 3.8) is 0 Å². The van der Waals surface area contributed by atoms with Gasteiger partial charge in [-0.3, -0.25) is 0 Å². The van der Waals surface area contributed by atoms with E-state index in [1.54, 1.807) is 24.3 Å². The van der Waals surface area contributed by atoms with Crippen LogP contribution in [0.1, 0.15) is 18.4 Å². The van der Waals surface area contributed by atoms with Gasteiger partial charge in [0, 0.05) is 13.1 Å². The molecule has 1 aromatic rings. The largest absolute Gasteiger partial charge is 0.511 e. The van der Waals surface area contributed by atoms with Gasteiger partial charge in [0.25, 0.3) is 0 Å². The lowest BCUT2D eigenvalue weighted by Crippen LogP contribution is -2.37. The number of alkyl halides is 3. The van der Waals surface area contributed by atoms with E-state index in [0.717, 1.165) is 5.56 Å². The molecule has 0 atom stereocenters. The monoisotopic (exact) mass is 434 g/mol. The van der Waals surface area contributed by atoms with Gasteiger partial charge in [-0.05, 0) is 45.0 Å². The summed E-state index contributed by atoms with van der Waals surface area (Å²) in [6, 6.07) is 6.75. The molecule has 1 rings (SSSR count). The van der Waals surface area contributed by atoms with Crippen molar-refractivity contribution in [1.29, 1.82) is 0 Å². The number of aryl methyl sites for hydroxylation is 1. The lowest BCUT2D eigenvalue weighted by Gasteiger charge is -2.08. The van der Waals surface area contributed by atoms with Gasteiger partial charge in [0.2, 0.25) is 10.0 Å². The minimum atomic E-state index is -5.23. The summed E-state index contributed by atoms with van der Waals surface area (Å²) >= 11 is 0. The Morgan fingerprint density at radius 2 is 1.33 bits per heavy atom. The van der Waals surface area contributed by atoms with Gasteiger partial charge < -0.3 is 11.5 Å². The van der Waals surface area contributed by atoms with Gasteiger partial charge in [0.05, 0.1) is 4.90 Å². The number of nitrogens with two attached hydrogens (primary N) is 2. The first-order valence-corrected chi connectivity index (χ1v) is 10.9. The van der Waals surface area contributed by atoms with E-state index in [1.807, 2.05) is 6.92 Å². The molecule has 0 radical (unpaired) electrons. The Bertz CT molecular complexity index is 752. The zero-order valence-electron chi connectivity index (χ0n) is 14.8. The number of rotatable bonds is 9. The molecule has 1 aromatic carbocycles. The van der Waals surface area contributed by atoms with Gasteiger partial charge in [0.1, 0.15) is 0 Å². The third-order valence-electron chi connectivity index (χ3n) is 2.98. The minimum Gasteiger partial charge on any atom is -0.330 e. The van der Waals surface area contributed by atoms with Crippen molar-refractivity contribution in [1.82, 2.24) is 9.44 Å². The summed E-state index contributed by atoms with van der Waals surface area (Å²) in [6.07, 6.45) is 0.820. The van der Waals surface area contributed by atoms with E-state index in [0.29, 0.717) is 24.4 Å². The van der Waals surface area contributed by atoms with E-state index in [9.17, 15) is 30.0 Å². The summed E-state index contributed by atoms with van der Waals surface area (Å²) < 4.78 is 82.4. The molecule has 0 aliphatic rings. The molecule has 8 nitrogen and oxygen atoms in total. The number of nitrogens with one attached hydrogen (secondary N) is 2. The predicted octanol–water partition coefficient (Wildman–Crippen LogP) is 0.397. The fourth-order valence-corrected chi connectivity index (χ4v) is 3.15. The molecule has 0 saturated heterocycles. The zero-order chi connectivity index (χ0) is 21.1. The quantitative estimate of drug-likeness (QED) is 0.414. The molecule has 0 spiro atoms. The van der Waals surface area contributed by atoms with Crippen LogP contribution in [-0.4, -0.2) is 48.5 Å². The fraction of sp³-hybridized carbons (Fsp3) is 0.571. The number of hydrogen-bond acceptors (Lipinski definition) is 6. The number of sulfonamides is 2. The van der Waals surface area contributed by atoms with Gasteiger partial charge in [-0.2, -0.15) is 13.2 Å². The van der Waals surface area contributed by atoms with Crippen molar-refractivity contribution in [2.75, 3.05) is 26.2 Å². The SMILES string of the molecule is Cc1ccc(S(=O)(=O)NCCCN)cc1.NCCCNS(=O)(=O)C(F)(F)F. The number of hydrogen-bond donors (Lipinski definition) is 4. The highest BCUT2D eigenvalue weighted by atomic mass is 32.2. The van der Waals surface area contributed by atoms with Crippen LogP contribution in [0.3, 0.4) is 0 Å². The van der Waals surface area contributed by atoms with Crippen molar-refractivity contribution < 1.29 is 30.0 Å². The lowest BCUT2D eigenvalue weighted by molar-refractivity contribution is -0.0447. The Morgan fingerprint density at radius 1 is 0.889 bits per heavy atom. The van der Waals surface area contributed by atoms with E-state index in [1.165, 1.54) is 4.72 Å². The van der Waals surface area contributed by atoms with Crippen molar-refractivity contribution in [2.24, 2.45) is 11.5 Å². The van der Waals surface area contributed by atoms with E-state index in [2.05, 4.69) is 4.72 Å². The van der Waals surface area contributed by atoms with E-state index in [-0.39, 0.29) is 19.5 Å². The van der Waals surface area contributed by atoms with Crippen LogP contribution in [0.4, 0.5) is 13.2 Å². The van der Waals surface area contributed by atoms with Crippen LogP contribution in [-0.2, 0) is 20.0 Å². The molecule has 0 unspecified atom stereocenters. The standard InChI is InChI=1S/C10H16N2O2S.C4H9F3N2O2S/c1-9-3-5-10(6-4-9)15(13,14)12-8-2-7-11;5-4(6,7)12(10,11)9-3-1-2-8/h3-6,12H,2,7-8,11H2,1H3;9H,1-3,8H2. The molecule has 0 saturated carbocycles. The highest BCUT2D eigenvalue weighted by Gasteiger charge is 2.45. The van der Waals surface area contributed by atoms with Crippen LogP contribution in [0.15, 0.2) is 29.2 Å². The summed E-state index contributed by atoms with van der Waals surface area (Å²) in [7, 11) is -8.53. The smallest absolute Gasteiger partial charge is 0.330 e. The second kappa shape index (κ2) is 11.6. The first kappa shape index (κ1) is 25.8. The molecule has 0 heterocycles. The fourth-order valence-electron chi connectivity index (χ4n) is 1.50. The van der Waals surface area contributed by atoms with Crippen LogP contribution in [0, 0.1) is 6.92 Å². The number of benzene rings is 1. The van der Waals surface area contributed by atoms with Crippen LogP contribution in [0.5, 0.6) is 0 Å². The second-order valence-corrected chi connectivity index (χ2v) is 8.86. The molecule has 0 bridgehead atoms. The van der Waals surface area contributed by atoms with Crippen molar-refractivity contribution in [2.45, 2.75) is 30.2 Å². The molecular weight excluding hydrogens is 409 g/mol. The third kappa shape index (κ3) is 10.0. The van der Waals surface area contributed by atoms with E-state index in [4.69, 9.17) is 11.5 Å². The Labute approximate surface area is 157 Å². The third-order valence-corrected chi connectivity index (χ3v) is 5.65. The molecule has 0 fully saturated rings. The summed E-state index contributed by atoms with van der Waals surface area (Å²) in [4.78, 5) is 0.296. The lowest BCUT2D eigenvalue weighted by atomic mass is 10.2. The number of halogens is 3. The summed E-state index contributed by atoms with van der Waals surface area (Å²) in [5, 5.41) is 0. The van der Waals surface area contributed by atoms with Crippen molar-refractivity contribution in [3.05, 3.63) is 29.8 Å². The molecule has 0 aromatic heterocycles. The van der Waals surface area contributed by atoms with Gasteiger partial charge in [-0.1, -0.05) is 17.7 Å². The molecule has 0 aliphatic heterocycles. The maximum absolute atomic E-state index is 11.7. The Hall–Kier alpha value is -1.25. The van der Waals surface area contributed by atoms with E-state index < -0.39 is 25.6 Å². The predicted molar refractivity (Wildman–Crippen MR) is 96.7 cm³/mol. The molecule has 6 N–H and O–H groups in total. The molecule has 13 heteroatoms. The Morgan fingerprint density at radius 3 is 1.74 bits per heavy atom. The Kier molecular flexibility index (Phi) is 11.0. The zero-order valence-corrected chi connectivity index (χ0v) is 16.4. The molecule has 158 valence electrons. The summed E-state index contributed by atoms with van der Waals surface area (Å²) in [5.74, 6) is 0. The Balaban J connectivity index is 0.000000516. The van der Waals surface area contributed by atoms with Crippen LogP contribution in [0.25, 0.3) is 0 Å². The van der Waals surface area contributed by atoms with E-state index >= 15 is 0 Å². The van der Waals surface area contributed by atoms with Crippen LogP contribution in [0.2, 0.25) is 0 Å². The summed E-state index contributed by atoms with van der Waals surface area (Å²) in [5.41, 5.74) is 6.04. The first-order chi connectivity index (χ1) is 12.4. The van der Waals surface area contributed by atoms with Gasteiger partial charge >= 0.3 is 15.5 Å². The average Bonchev–Trinajstić information content (AvgIpc) is 2.55. The molecule has 0 amide bonds. The van der Waals surface area contributed by atoms with Gasteiger partial charge in [-0.25, -0.2) is 26.3 Å². The maximum atomic E-state index is 11.7. The highest BCUT2D eigenvalue weighted by molar-refractivity contribution is 7.90. The second-order valence-electron chi connectivity index (χ2n) is 5.34. The topological polar surface area (TPSA) is 144 Å². The van der Waals surface area contributed by atoms with Gasteiger partial charge in [-0.15, -0.1) is 0 Å². The first-order valence-electron chi connectivity index (χ1n) is 7.90. The summed E-state index contributed by atoms with van der Waals surface area (Å²) in [6.45, 7) is 2.63.